The van der Waals surface area contributed by atoms with Gasteiger partial charge in [0.1, 0.15) is 0 Å². The zero-order chi connectivity index (χ0) is 13.3. The molecule has 0 unspecified atom stereocenters. The number of hydrogen-bond donors (Lipinski definition) is 1. The third kappa shape index (κ3) is 2.55. The predicted octanol–water partition coefficient (Wildman–Crippen LogP) is 2.59. The largest absolute Gasteiger partial charge is 0.398 e. The van der Waals surface area contributed by atoms with Crippen LogP contribution in [0.1, 0.15) is 26.2 Å². The maximum atomic E-state index is 12.5. The SMILES string of the molecule is C[C@H]1CCCCN1S(=O)(=O)c1ccc(N)c(Br)c1. The fourth-order valence-electron chi connectivity index (χ4n) is 2.23. The molecule has 1 aromatic carbocycles. The van der Waals surface area contributed by atoms with E-state index in [9.17, 15) is 8.42 Å². The van der Waals surface area contributed by atoms with Crippen LogP contribution < -0.4 is 5.73 Å². The molecule has 0 aliphatic carbocycles. The quantitative estimate of drug-likeness (QED) is 0.846. The minimum atomic E-state index is -3.40. The summed E-state index contributed by atoms with van der Waals surface area (Å²) >= 11 is 3.27. The molecule has 0 saturated carbocycles. The molecule has 0 spiro atoms. The molecule has 1 aliphatic rings. The van der Waals surface area contributed by atoms with Crippen molar-refractivity contribution in [2.45, 2.75) is 37.1 Å². The molecular formula is C12H17BrN2O2S. The Labute approximate surface area is 116 Å². The Hall–Kier alpha value is -0.590. The van der Waals surface area contributed by atoms with Gasteiger partial charge in [-0.2, -0.15) is 4.31 Å². The summed E-state index contributed by atoms with van der Waals surface area (Å²) in [6.45, 7) is 2.56. The summed E-state index contributed by atoms with van der Waals surface area (Å²) in [6, 6.07) is 4.83. The topological polar surface area (TPSA) is 63.4 Å². The van der Waals surface area contributed by atoms with Crippen LogP contribution in [-0.2, 0) is 10.0 Å². The summed E-state index contributed by atoms with van der Waals surface area (Å²) in [6.07, 6.45) is 2.95. The van der Waals surface area contributed by atoms with Crippen LogP contribution in [0.15, 0.2) is 27.6 Å². The van der Waals surface area contributed by atoms with E-state index in [1.165, 1.54) is 0 Å². The number of piperidine rings is 1. The van der Waals surface area contributed by atoms with Crippen molar-refractivity contribution in [2.24, 2.45) is 0 Å². The number of benzene rings is 1. The van der Waals surface area contributed by atoms with Gasteiger partial charge in [0.05, 0.1) is 4.90 Å². The molecule has 18 heavy (non-hydrogen) atoms. The van der Waals surface area contributed by atoms with Gasteiger partial charge in [0, 0.05) is 22.7 Å². The number of hydrogen-bond acceptors (Lipinski definition) is 3. The molecule has 1 aliphatic heterocycles. The van der Waals surface area contributed by atoms with Crippen LogP contribution in [0.25, 0.3) is 0 Å². The molecular weight excluding hydrogens is 316 g/mol. The summed E-state index contributed by atoms with van der Waals surface area (Å²) < 4.78 is 27.3. The van der Waals surface area contributed by atoms with E-state index in [0.717, 1.165) is 19.3 Å². The number of halogens is 1. The average Bonchev–Trinajstić information content (AvgIpc) is 2.33. The first-order chi connectivity index (χ1) is 8.43. The summed E-state index contributed by atoms with van der Waals surface area (Å²) in [5.41, 5.74) is 6.22. The van der Waals surface area contributed by atoms with Crippen LogP contribution in [0, 0.1) is 0 Å². The maximum Gasteiger partial charge on any atom is 0.243 e. The van der Waals surface area contributed by atoms with Crippen LogP contribution in [0.2, 0.25) is 0 Å². The second-order valence-electron chi connectivity index (χ2n) is 4.64. The van der Waals surface area contributed by atoms with E-state index < -0.39 is 10.0 Å². The number of nitrogens with zero attached hydrogens (tertiary/aromatic N) is 1. The van der Waals surface area contributed by atoms with Crippen molar-refractivity contribution < 1.29 is 8.42 Å². The molecule has 1 saturated heterocycles. The molecule has 0 bridgehead atoms. The van der Waals surface area contributed by atoms with E-state index in [-0.39, 0.29) is 6.04 Å². The fourth-order valence-corrected chi connectivity index (χ4v) is 4.49. The molecule has 6 heteroatoms. The highest BCUT2D eigenvalue weighted by Gasteiger charge is 2.31. The lowest BCUT2D eigenvalue weighted by Gasteiger charge is -2.32. The Bertz CT molecular complexity index is 545. The van der Waals surface area contributed by atoms with Gasteiger partial charge in [-0.05, 0) is 53.9 Å². The third-order valence-corrected chi connectivity index (χ3v) is 6.02. The first-order valence-electron chi connectivity index (χ1n) is 6.00. The zero-order valence-electron chi connectivity index (χ0n) is 10.3. The van der Waals surface area contributed by atoms with E-state index in [2.05, 4.69) is 15.9 Å². The van der Waals surface area contributed by atoms with E-state index in [4.69, 9.17) is 5.73 Å². The molecule has 1 heterocycles. The molecule has 4 nitrogen and oxygen atoms in total. The minimum absolute atomic E-state index is 0.0695. The number of anilines is 1. The fraction of sp³-hybridized carbons (Fsp3) is 0.500. The number of rotatable bonds is 2. The second kappa shape index (κ2) is 5.19. The Morgan fingerprint density at radius 1 is 1.39 bits per heavy atom. The summed E-state index contributed by atoms with van der Waals surface area (Å²) in [4.78, 5) is 0.303. The van der Waals surface area contributed by atoms with Crippen LogP contribution >= 0.6 is 15.9 Å². The van der Waals surface area contributed by atoms with Gasteiger partial charge in [0.15, 0.2) is 0 Å². The van der Waals surface area contributed by atoms with Crippen LogP contribution in [-0.4, -0.2) is 25.3 Å². The van der Waals surface area contributed by atoms with E-state index in [1.807, 2.05) is 6.92 Å². The van der Waals surface area contributed by atoms with Crippen LogP contribution in [0.5, 0.6) is 0 Å². The highest BCUT2D eigenvalue weighted by Crippen LogP contribution is 2.28. The van der Waals surface area contributed by atoms with Gasteiger partial charge in [-0.25, -0.2) is 8.42 Å². The summed E-state index contributed by atoms with van der Waals surface area (Å²) in [5.74, 6) is 0. The standard InChI is InChI=1S/C12H17BrN2O2S/c1-9-4-2-3-7-15(9)18(16,17)10-5-6-12(14)11(13)8-10/h5-6,8-9H,2-4,7,14H2,1H3/t9-/m0/s1. The molecule has 1 aromatic rings. The molecule has 2 N–H and O–H groups in total. The van der Waals surface area contributed by atoms with Crippen molar-refractivity contribution in [3.63, 3.8) is 0 Å². The van der Waals surface area contributed by atoms with Crippen LogP contribution in [0.3, 0.4) is 0 Å². The number of nitrogens with two attached hydrogens (primary N) is 1. The molecule has 0 aromatic heterocycles. The molecule has 100 valence electrons. The van der Waals surface area contributed by atoms with Crippen molar-refractivity contribution in [2.75, 3.05) is 12.3 Å². The van der Waals surface area contributed by atoms with Crippen molar-refractivity contribution in [3.8, 4) is 0 Å². The molecule has 1 atom stereocenters. The van der Waals surface area contributed by atoms with Gasteiger partial charge in [-0.1, -0.05) is 6.42 Å². The van der Waals surface area contributed by atoms with Gasteiger partial charge in [-0.3, -0.25) is 0 Å². The van der Waals surface area contributed by atoms with Gasteiger partial charge < -0.3 is 5.73 Å². The maximum absolute atomic E-state index is 12.5. The first kappa shape index (κ1) is 13.8. The van der Waals surface area contributed by atoms with Gasteiger partial charge >= 0.3 is 0 Å². The first-order valence-corrected chi connectivity index (χ1v) is 8.23. The molecule has 0 radical (unpaired) electrons. The van der Waals surface area contributed by atoms with Crippen LogP contribution in [0.4, 0.5) is 5.69 Å². The average molecular weight is 333 g/mol. The Morgan fingerprint density at radius 2 is 2.11 bits per heavy atom. The molecule has 1 fully saturated rings. The number of sulfonamides is 1. The Balaban J connectivity index is 2.37. The Kier molecular flexibility index (Phi) is 3.99. The van der Waals surface area contributed by atoms with Gasteiger partial charge in [0.2, 0.25) is 10.0 Å². The monoisotopic (exact) mass is 332 g/mol. The van der Waals surface area contributed by atoms with Crippen molar-refractivity contribution in [1.29, 1.82) is 0 Å². The highest BCUT2D eigenvalue weighted by atomic mass is 79.9. The highest BCUT2D eigenvalue weighted by molar-refractivity contribution is 9.10. The van der Waals surface area contributed by atoms with E-state index in [0.29, 0.717) is 21.6 Å². The predicted molar refractivity (Wildman–Crippen MR) is 75.8 cm³/mol. The lowest BCUT2D eigenvalue weighted by atomic mass is 10.1. The van der Waals surface area contributed by atoms with Gasteiger partial charge in [-0.15, -0.1) is 0 Å². The summed E-state index contributed by atoms with van der Waals surface area (Å²) in [5, 5.41) is 0. The summed E-state index contributed by atoms with van der Waals surface area (Å²) in [7, 11) is -3.40. The van der Waals surface area contributed by atoms with Crippen molar-refractivity contribution in [1.82, 2.24) is 4.31 Å². The lowest BCUT2D eigenvalue weighted by molar-refractivity contribution is 0.268. The lowest BCUT2D eigenvalue weighted by Crippen LogP contribution is -2.41. The van der Waals surface area contributed by atoms with Gasteiger partial charge in [0.25, 0.3) is 0 Å². The second-order valence-corrected chi connectivity index (χ2v) is 7.39. The van der Waals surface area contributed by atoms with E-state index >= 15 is 0 Å². The minimum Gasteiger partial charge on any atom is -0.398 e. The Morgan fingerprint density at radius 3 is 2.72 bits per heavy atom. The molecule has 2 rings (SSSR count). The number of nitrogen functional groups attached to an aromatic ring is 1. The molecule has 0 amide bonds. The normalized spacial score (nSPS) is 22.0. The van der Waals surface area contributed by atoms with Crippen molar-refractivity contribution in [3.05, 3.63) is 22.7 Å². The van der Waals surface area contributed by atoms with E-state index in [1.54, 1.807) is 22.5 Å². The smallest absolute Gasteiger partial charge is 0.243 e. The van der Waals surface area contributed by atoms with Crippen molar-refractivity contribution >= 4 is 31.6 Å². The third-order valence-electron chi connectivity index (χ3n) is 3.32. The zero-order valence-corrected chi connectivity index (χ0v) is 12.7.